The Morgan fingerprint density at radius 1 is 1.50 bits per heavy atom. The largest absolute Gasteiger partial charge is 0.416 e. The minimum atomic E-state index is -4.39. The Bertz CT molecular complexity index is 508. The fourth-order valence-electron chi connectivity index (χ4n) is 1.06. The Labute approximate surface area is 114 Å². The molecule has 0 aliphatic rings. The van der Waals surface area contributed by atoms with Crippen LogP contribution >= 0.6 is 27.7 Å². The van der Waals surface area contributed by atoms with Crippen LogP contribution in [0, 0.1) is 11.5 Å². The second kappa shape index (κ2) is 6.11. The summed E-state index contributed by atoms with van der Waals surface area (Å²) in [5.41, 5.74) is -0.442. The smallest absolute Gasteiger partial charge is 0.271 e. The van der Waals surface area contributed by atoms with E-state index in [2.05, 4.69) is 26.2 Å². The van der Waals surface area contributed by atoms with Crippen molar-refractivity contribution in [1.29, 1.82) is 5.26 Å². The molecule has 3 nitrogen and oxygen atoms in total. The third-order valence-corrected chi connectivity index (χ3v) is 3.07. The van der Waals surface area contributed by atoms with Gasteiger partial charge in [0.2, 0.25) is 0 Å². The molecule has 0 saturated heterocycles. The maximum absolute atomic E-state index is 12.4. The Balaban J connectivity index is 3.11. The van der Waals surface area contributed by atoms with Crippen LogP contribution in [0.1, 0.15) is 5.56 Å². The van der Waals surface area contributed by atoms with Crippen molar-refractivity contribution in [1.82, 2.24) is 5.32 Å². The van der Waals surface area contributed by atoms with Gasteiger partial charge in [-0.1, -0.05) is 11.8 Å². The highest BCUT2D eigenvalue weighted by Gasteiger charge is 2.30. The molecular weight excluding hydrogens is 331 g/mol. The van der Waals surface area contributed by atoms with Crippen LogP contribution in [0.25, 0.3) is 0 Å². The number of rotatable bonds is 1. The average Bonchev–Trinajstić information content (AvgIpc) is 2.29. The summed E-state index contributed by atoms with van der Waals surface area (Å²) in [7, 11) is 0. The highest BCUT2D eigenvalue weighted by Crippen LogP contribution is 2.35. The van der Waals surface area contributed by atoms with Crippen molar-refractivity contribution in [3.63, 3.8) is 0 Å². The highest BCUT2D eigenvalue weighted by atomic mass is 79.9. The molecule has 1 aromatic carbocycles. The van der Waals surface area contributed by atoms with Gasteiger partial charge in [-0.05, 0) is 40.4 Å². The van der Waals surface area contributed by atoms with E-state index in [9.17, 15) is 13.2 Å². The molecule has 1 rings (SSSR count). The molecule has 0 aliphatic heterocycles. The van der Waals surface area contributed by atoms with E-state index < -0.39 is 11.7 Å². The summed E-state index contributed by atoms with van der Waals surface area (Å²) in [5.74, 6) is 0. The fourth-order valence-corrected chi connectivity index (χ4v) is 1.86. The monoisotopic (exact) mass is 337 g/mol. The minimum Gasteiger partial charge on any atom is -0.271 e. The number of nitrogens with one attached hydrogen (secondary N) is 1. The maximum atomic E-state index is 12.4. The first-order valence-electron chi connectivity index (χ1n) is 4.53. The van der Waals surface area contributed by atoms with Crippen molar-refractivity contribution in [2.24, 2.45) is 4.99 Å². The predicted octanol–water partition coefficient (Wildman–Crippen LogP) is 3.89. The van der Waals surface area contributed by atoms with Crippen LogP contribution in [-0.2, 0) is 6.18 Å². The Morgan fingerprint density at radius 3 is 2.61 bits per heavy atom. The number of hydrogen-bond acceptors (Lipinski definition) is 3. The molecule has 0 aliphatic carbocycles. The second-order valence-electron chi connectivity index (χ2n) is 3.02. The number of amidine groups is 1. The van der Waals surface area contributed by atoms with E-state index in [0.29, 0.717) is 10.9 Å². The first-order chi connectivity index (χ1) is 8.38. The van der Waals surface area contributed by atoms with Gasteiger partial charge in [0.05, 0.1) is 11.3 Å². The highest BCUT2D eigenvalue weighted by molar-refractivity contribution is 9.10. The second-order valence-corrected chi connectivity index (χ2v) is 4.67. The standard InChI is InChI=1S/C10H7BrF3N3S/c1-18-9(16-5-15)17-8-3-2-6(4-7(8)11)10(12,13)14/h2-4H,1H3,(H,16,17). The molecule has 0 heterocycles. The van der Waals surface area contributed by atoms with Crippen molar-refractivity contribution < 1.29 is 13.2 Å². The topological polar surface area (TPSA) is 48.2 Å². The van der Waals surface area contributed by atoms with Crippen molar-refractivity contribution in [2.75, 3.05) is 6.26 Å². The fraction of sp³-hybridized carbons (Fsp3) is 0.200. The lowest BCUT2D eigenvalue weighted by Gasteiger charge is -2.08. The molecule has 1 aromatic rings. The number of halogens is 4. The van der Waals surface area contributed by atoms with Crippen LogP contribution < -0.4 is 5.32 Å². The summed E-state index contributed by atoms with van der Waals surface area (Å²) in [6, 6.07) is 3.12. The molecule has 96 valence electrons. The lowest BCUT2D eigenvalue weighted by atomic mass is 10.2. The Kier molecular flexibility index (Phi) is 5.04. The first-order valence-corrected chi connectivity index (χ1v) is 6.54. The molecule has 1 N–H and O–H groups in total. The van der Waals surface area contributed by atoms with Crippen molar-refractivity contribution in [3.8, 4) is 6.19 Å². The van der Waals surface area contributed by atoms with Gasteiger partial charge in [-0.25, -0.2) is 4.99 Å². The molecule has 0 spiro atoms. The number of thioether (sulfide) groups is 1. The predicted molar refractivity (Wildman–Crippen MR) is 68.5 cm³/mol. The molecule has 0 unspecified atom stereocenters. The van der Waals surface area contributed by atoms with Gasteiger partial charge >= 0.3 is 6.18 Å². The van der Waals surface area contributed by atoms with E-state index in [4.69, 9.17) is 5.26 Å². The molecule has 0 radical (unpaired) electrons. The van der Waals surface area contributed by atoms with Crippen molar-refractivity contribution in [2.45, 2.75) is 6.18 Å². The summed E-state index contributed by atoms with van der Waals surface area (Å²) in [5, 5.41) is 11.1. The molecule has 0 saturated carbocycles. The van der Waals surface area contributed by atoms with Gasteiger partial charge in [0.15, 0.2) is 11.4 Å². The van der Waals surface area contributed by atoms with Crippen molar-refractivity contribution >= 4 is 38.5 Å². The van der Waals surface area contributed by atoms with E-state index in [1.807, 2.05) is 0 Å². The third kappa shape index (κ3) is 3.92. The first kappa shape index (κ1) is 14.9. The SMILES string of the molecule is CSC(=Nc1ccc(C(F)(F)F)cc1Br)NC#N. The molecule has 8 heteroatoms. The number of aliphatic imine (C=N–C) groups is 1. The van der Waals surface area contributed by atoms with Crippen LogP contribution in [-0.4, -0.2) is 11.4 Å². The average molecular weight is 338 g/mol. The molecular formula is C10H7BrF3N3S. The summed E-state index contributed by atoms with van der Waals surface area (Å²) < 4.78 is 37.5. The Hall–Kier alpha value is -1.20. The summed E-state index contributed by atoms with van der Waals surface area (Å²) in [4.78, 5) is 4.02. The summed E-state index contributed by atoms with van der Waals surface area (Å²) in [6.07, 6.45) is -0.998. The minimum absolute atomic E-state index is 0.212. The number of alkyl halides is 3. The lowest BCUT2D eigenvalue weighted by molar-refractivity contribution is -0.137. The van der Waals surface area contributed by atoms with Crippen LogP contribution in [0.4, 0.5) is 18.9 Å². The zero-order chi connectivity index (χ0) is 13.8. The van der Waals surface area contributed by atoms with Crippen LogP contribution in [0.2, 0.25) is 0 Å². The number of nitrogens with zero attached hydrogens (tertiary/aromatic N) is 2. The number of nitriles is 1. The van der Waals surface area contributed by atoms with Gasteiger partial charge in [-0.2, -0.15) is 18.4 Å². The third-order valence-electron chi connectivity index (χ3n) is 1.85. The molecule has 0 aromatic heterocycles. The van der Waals surface area contributed by atoms with Gasteiger partial charge in [-0.3, -0.25) is 5.32 Å². The molecule has 18 heavy (non-hydrogen) atoms. The van der Waals surface area contributed by atoms with E-state index in [-0.39, 0.29) is 4.47 Å². The quantitative estimate of drug-likeness (QED) is 0.366. The summed E-state index contributed by atoms with van der Waals surface area (Å²) >= 11 is 4.20. The lowest BCUT2D eigenvalue weighted by Crippen LogP contribution is -2.12. The van der Waals surface area contributed by atoms with Crippen LogP contribution in [0.5, 0.6) is 0 Å². The summed E-state index contributed by atoms with van der Waals surface area (Å²) in [6.45, 7) is 0. The number of benzene rings is 1. The van der Waals surface area contributed by atoms with Gasteiger partial charge in [0.1, 0.15) is 0 Å². The molecule has 0 atom stereocenters. The van der Waals surface area contributed by atoms with E-state index in [1.165, 1.54) is 17.8 Å². The van der Waals surface area contributed by atoms with Gasteiger partial charge in [0, 0.05) is 4.47 Å². The zero-order valence-electron chi connectivity index (χ0n) is 9.05. The Morgan fingerprint density at radius 2 is 2.17 bits per heavy atom. The van der Waals surface area contributed by atoms with Gasteiger partial charge < -0.3 is 0 Å². The van der Waals surface area contributed by atoms with E-state index in [1.54, 1.807) is 12.4 Å². The van der Waals surface area contributed by atoms with Crippen molar-refractivity contribution in [3.05, 3.63) is 28.2 Å². The van der Waals surface area contributed by atoms with Crippen LogP contribution in [0.15, 0.2) is 27.7 Å². The van der Waals surface area contributed by atoms with Gasteiger partial charge in [-0.15, -0.1) is 0 Å². The van der Waals surface area contributed by atoms with Crippen LogP contribution in [0.3, 0.4) is 0 Å². The molecule has 0 fully saturated rings. The van der Waals surface area contributed by atoms with Gasteiger partial charge in [0.25, 0.3) is 0 Å². The molecule has 0 bridgehead atoms. The van der Waals surface area contributed by atoms with E-state index >= 15 is 0 Å². The molecule has 0 amide bonds. The number of hydrogen-bond donors (Lipinski definition) is 1. The normalized spacial score (nSPS) is 12.1. The van der Waals surface area contributed by atoms with E-state index in [0.717, 1.165) is 12.1 Å². The zero-order valence-corrected chi connectivity index (χ0v) is 11.4. The maximum Gasteiger partial charge on any atom is 0.416 e.